The molecule has 6 rings (SSSR count). The number of hydroxylamine groups is 2. The van der Waals surface area contributed by atoms with Crippen LogP contribution in [0.1, 0.15) is 63.6 Å². The summed E-state index contributed by atoms with van der Waals surface area (Å²) < 4.78 is 22.8. The molecule has 3 heterocycles. The van der Waals surface area contributed by atoms with E-state index in [1.807, 2.05) is 48.6 Å². The fourth-order valence-corrected chi connectivity index (χ4v) is 7.62. The van der Waals surface area contributed by atoms with Crippen LogP contribution in [-0.2, 0) is 55.9 Å². The fraction of sp³-hybridized carbons (Fsp3) is 0.538. The van der Waals surface area contributed by atoms with E-state index in [-0.39, 0.29) is 38.3 Å². The minimum Gasteiger partial charge on any atom is -0.508 e. The number of carbonyl (C=O) groups excluding carboxylic acids is 4. The third-order valence-corrected chi connectivity index (χ3v) is 10.2. The first-order valence-corrected chi connectivity index (χ1v) is 18.2. The van der Waals surface area contributed by atoms with Gasteiger partial charge in [0, 0.05) is 12.8 Å². The highest BCUT2D eigenvalue weighted by molar-refractivity contribution is 5.96. The van der Waals surface area contributed by atoms with Crippen molar-refractivity contribution in [2.24, 2.45) is 5.41 Å². The molecule has 2 bridgehead atoms. The maximum atomic E-state index is 14.6. The molecule has 5 N–H and O–H groups in total. The second-order valence-electron chi connectivity index (χ2n) is 15.3. The van der Waals surface area contributed by atoms with E-state index in [1.165, 1.54) is 12.0 Å². The maximum absolute atomic E-state index is 14.6. The van der Waals surface area contributed by atoms with Crippen LogP contribution in [-0.4, -0.2) is 112 Å². The number of hydrogen-bond donors (Lipinski definition) is 5. The van der Waals surface area contributed by atoms with Crippen LogP contribution in [0.4, 0.5) is 0 Å². The first-order chi connectivity index (χ1) is 25.7. The molecule has 2 amide bonds. The number of rotatable bonds is 14. The Balaban J connectivity index is 1.18. The lowest BCUT2D eigenvalue weighted by Crippen LogP contribution is -2.71. The summed E-state index contributed by atoms with van der Waals surface area (Å²) in [6.45, 7) is 6.03. The zero-order chi connectivity index (χ0) is 38.8. The zero-order valence-electron chi connectivity index (χ0n) is 30.8. The van der Waals surface area contributed by atoms with Crippen molar-refractivity contribution < 1.29 is 58.3 Å². The van der Waals surface area contributed by atoms with Crippen LogP contribution in [0.2, 0.25) is 0 Å². The Morgan fingerprint density at radius 3 is 2.48 bits per heavy atom. The minimum absolute atomic E-state index is 0.0188. The molecule has 9 atom stereocenters. The molecule has 15 nitrogen and oxygen atoms in total. The summed E-state index contributed by atoms with van der Waals surface area (Å²) in [5.74, 6) is -2.47. The van der Waals surface area contributed by atoms with E-state index >= 15 is 0 Å². The number of phenols is 1. The van der Waals surface area contributed by atoms with E-state index in [2.05, 4.69) is 10.6 Å². The molecular weight excluding hydrogens is 702 g/mol. The number of aliphatic hydroxyl groups excluding tert-OH is 2. The fourth-order valence-electron chi connectivity index (χ4n) is 7.62. The Bertz CT molecular complexity index is 1730. The number of amides is 2. The molecule has 15 heteroatoms. The number of nitrogens with zero attached hydrogens (tertiary/aromatic N) is 1. The van der Waals surface area contributed by atoms with Crippen molar-refractivity contribution in [1.82, 2.24) is 15.7 Å². The van der Waals surface area contributed by atoms with E-state index in [0.29, 0.717) is 6.42 Å². The minimum atomic E-state index is -1.58. The number of ether oxygens (including phenoxy) is 4. The molecule has 1 saturated carbocycles. The van der Waals surface area contributed by atoms with Crippen molar-refractivity contribution in [3.63, 3.8) is 0 Å². The molecule has 1 aliphatic carbocycles. The van der Waals surface area contributed by atoms with Gasteiger partial charge in [0.15, 0.2) is 6.04 Å². The van der Waals surface area contributed by atoms with Crippen LogP contribution >= 0.6 is 0 Å². The van der Waals surface area contributed by atoms with Crippen LogP contribution in [0.3, 0.4) is 0 Å². The summed E-state index contributed by atoms with van der Waals surface area (Å²) >= 11 is 0. The summed E-state index contributed by atoms with van der Waals surface area (Å²) in [4.78, 5) is 60.6. The first-order valence-electron chi connectivity index (χ1n) is 18.2. The highest BCUT2D eigenvalue weighted by Crippen LogP contribution is 2.55. The number of esters is 2. The van der Waals surface area contributed by atoms with Gasteiger partial charge in [0.25, 0.3) is 0 Å². The number of nitrogens with one attached hydrogen (secondary N) is 2. The largest absolute Gasteiger partial charge is 0.508 e. The summed E-state index contributed by atoms with van der Waals surface area (Å²) in [6, 6.07) is 11.1. The van der Waals surface area contributed by atoms with Gasteiger partial charge in [-0.1, -0.05) is 54.6 Å². The van der Waals surface area contributed by atoms with Gasteiger partial charge in [-0.2, -0.15) is 5.06 Å². The standard InChI is InChI=1S/C39H49N3O12/c1-22(44)30(35(47)40-26(20-43)16-17-29(46)53-38(2,3)4)41-37(49)39-18-28-31-32(51-21-50-31)34(39)54-42(33(39)36(48)52-28)19-24-14-12-23(13-15-24)8-7-10-25-9-5-6-11-27(25)45/h5-9,11-15,22,26,28,30-34,43-45H,10,16-21H2,1-4H3,(H,40,47)(H,41,49). The molecular formula is C39H49N3O12. The van der Waals surface area contributed by atoms with Crippen LogP contribution < -0.4 is 10.6 Å². The van der Waals surface area contributed by atoms with Crippen LogP contribution in [0, 0.1) is 5.41 Å². The quantitative estimate of drug-likeness (QED) is 0.175. The summed E-state index contributed by atoms with van der Waals surface area (Å²) in [6.07, 6.45) is -0.209. The number of aliphatic hydroxyl groups is 2. The van der Waals surface area contributed by atoms with Crippen molar-refractivity contribution in [3.05, 3.63) is 71.3 Å². The molecule has 0 aromatic heterocycles. The van der Waals surface area contributed by atoms with E-state index in [0.717, 1.165) is 16.7 Å². The Hall–Kier alpha value is -4.38. The highest BCUT2D eigenvalue weighted by Gasteiger charge is 2.74. The number of fused-ring (bicyclic) bond motifs is 4. The molecule has 2 aromatic rings. The van der Waals surface area contributed by atoms with Crippen molar-refractivity contribution in [3.8, 4) is 5.75 Å². The van der Waals surface area contributed by atoms with E-state index in [9.17, 15) is 34.5 Å². The maximum Gasteiger partial charge on any atom is 0.327 e. The van der Waals surface area contributed by atoms with Gasteiger partial charge >= 0.3 is 11.9 Å². The van der Waals surface area contributed by atoms with E-state index < -0.39 is 90.0 Å². The lowest BCUT2D eigenvalue weighted by atomic mass is 9.62. The van der Waals surface area contributed by atoms with E-state index in [4.69, 9.17) is 23.8 Å². The van der Waals surface area contributed by atoms with Gasteiger partial charge < -0.3 is 44.9 Å². The Kier molecular flexibility index (Phi) is 11.8. The molecule has 0 spiro atoms. The van der Waals surface area contributed by atoms with Crippen molar-refractivity contribution in [2.45, 2.75) is 114 Å². The van der Waals surface area contributed by atoms with Crippen LogP contribution in [0.5, 0.6) is 5.75 Å². The zero-order valence-corrected chi connectivity index (χ0v) is 30.8. The average molecular weight is 752 g/mol. The third-order valence-electron chi connectivity index (χ3n) is 10.2. The SMILES string of the molecule is CC(O)C(NC(=O)C12CC3OC(=O)C1N(Cc1ccc(C=CCc4ccccc4O)cc1)OC2C1OCOC31)C(=O)NC(CO)CCC(=O)OC(C)(C)C. The molecule has 4 aliphatic rings. The molecule has 292 valence electrons. The Morgan fingerprint density at radius 1 is 1.07 bits per heavy atom. The normalized spacial score (nSPS) is 27.8. The second-order valence-corrected chi connectivity index (χ2v) is 15.3. The van der Waals surface area contributed by atoms with Gasteiger partial charge in [-0.15, -0.1) is 0 Å². The van der Waals surface area contributed by atoms with Crippen molar-refractivity contribution in [2.75, 3.05) is 13.4 Å². The van der Waals surface area contributed by atoms with Crippen molar-refractivity contribution in [1.29, 1.82) is 0 Å². The molecule has 3 aliphatic heterocycles. The summed E-state index contributed by atoms with van der Waals surface area (Å²) in [7, 11) is 0. The van der Waals surface area contributed by atoms with Gasteiger partial charge in [0.1, 0.15) is 54.0 Å². The van der Waals surface area contributed by atoms with Crippen LogP contribution in [0.15, 0.2) is 54.6 Å². The van der Waals surface area contributed by atoms with Gasteiger partial charge in [0.2, 0.25) is 11.8 Å². The molecule has 54 heavy (non-hydrogen) atoms. The lowest BCUT2D eigenvalue weighted by molar-refractivity contribution is -0.201. The number of phenolic OH excluding ortho intramolecular Hbond substituents is 1. The van der Waals surface area contributed by atoms with Crippen LogP contribution in [0.25, 0.3) is 6.08 Å². The van der Waals surface area contributed by atoms with Gasteiger partial charge in [-0.3, -0.25) is 24.0 Å². The lowest BCUT2D eigenvalue weighted by Gasteiger charge is -2.49. The number of para-hydroxylation sites is 1. The van der Waals surface area contributed by atoms with E-state index in [1.54, 1.807) is 32.9 Å². The third kappa shape index (κ3) is 8.31. The molecule has 0 radical (unpaired) electrons. The van der Waals surface area contributed by atoms with Gasteiger partial charge in [-0.05, 0) is 63.3 Å². The molecule has 4 fully saturated rings. The molecule has 2 aromatic carbocycles. The second kappa shape index (κ2) is 16.2. The van der Waals surface area contributed by atoms with Crippen molar-refractivity contribution >= 4 is 29.8 Å². The van der Waals surface area contributed by atoms with Gasteiger partial charge in [-0.25, -0.2) is 0 Å². The average Bonchev–Trinajstić information content (AvgIpc) is 3.74. The molecule has 9 unspecified atom stereocenters. The molecule has 3 saturated heterocycles. The monoisotopic (exact) mass is 751 g/mol. The smallest absolute Gasteiger partial charge is 0.327 e. The van der Waals surface area contributed by atoms with Gasteiger partial charge in [0.05, 0.1) is 25.3 Å². The predicted molar refractivity (Wildman–Crippen MR) is 191 cm³/mol. The first kappa shape index (κ1) is 39.3. The number of benzene rings is 2. The Labute approximate surface area is 313 Å². The highest BCUT2D eigenvalue weighted by atomic mass is 16.8. The summed E-state index contributed by atoms with van der Waals surface area (Å²) in [5.41, 5.74) is 0.213. The Morgan fingerprint density at radius 2 is 1.80 bits per heavy atom. The summed E-state index contributed by atoms with van der Waals surface area (Å²) in [5, 5.41) is 37.4. The predicted octanol–water partition coefficient (Wildman–Crippen LogP) is 1.65. The number of carbonyl (C=O) groups is 4. The number of aromatic hydroxyl groups is 1. The number of hydrogen-bond acceptors (Lipinski definition) is 13. The number of allylic oxidation sites excluding steroid dienone is 1. The topological polar surface area (TPSA) is 202 Å².